The molecule has 0 aliphatic rings. The van der Waals surface area contributed by atoms with Gasteiger partial charge in [-0.2, -0.15) is 18.4 Å². The van der Waals surface area contributed by atoms with Crippen LogP contribution >= 0.6 is 0 Å². The maximum atomic E-state index is 12.4. The molecule has 1 rings (SSSR count). The van der Waals surface area contributed by atoms with Crippen LogP contribution in [-0.2, 0) is 6.18 Å². The number of alkyl halides is 3. The summed E-state index contributed by atoms with van der Waals surface area (Å²) >= 11 is 0. The SMILES string of the molecule is C[C@H](C#N)NC(=O)N(C)c1ccc(C(F)(F)F)cc1. The minimum absolute atomic E-state index is 0.302. The standard InChI is InChI=1S/C12H12F3N3O/c1-8(7-16)17-11(19)18(2)10-5-3-9(4-6-10)12(13,14)15/h3-6,8H,1-2H3,(H,17,19)/t8-/m1/s1. The number of carbonyl (C=O) groups excluding carboxylic acids is 1. The lowest BCUT2D eigenvalue weighted by Crippen LogP contribution is -2.41. The first-order valence-electron chi connectivity index (χ1n) is 5.37. The monoisotopic (exact) mass is 271 g/mol. The molecule has 1 aromatic carbocycles. The van der Waals surface area contributed by atoms with E-state index >= 15 is 0 Å². The Balaban J connectivity index is 2.81. The molecule has 0 bridgehead atoms. The number of anilines is 1. The molecule has 0 saturated heterocycles. The van der Waals surface area contributed by atoms with E-state index in [9.17, 15) is 18.0 Å². The zero-order valence-electron chi connectivity index (χ0n) is 10.3. The van der Waals surface area contributed by atoms with Gasteiger partial charge in [0.05, 0.1) is 11.6 Å². The molecule has 0 unspecified atom stereocenters. The van der Waals surface area contributed by atoms with Crippen molar-refractivity contribution >= 4 is 11.7 Å². The van der Waals surface area contributed by atoms with Gasteiger partial charge in [-0.05, 0) is 31.2 Å². The summed E-state index contributed by atoms with van der Waals surface area (Å²) in [5.41, 5.74) is -0.480. The van der Waals surface area contributed by atoms with Crippen LogP contribution < -0.4 is 10.2 Å². The van der Waals surface area contributed by atoms with Crippen molar-refractivity contribution in [3.8, 4) is 6.07 Å². The Morgan fingerprint density at radius 1 is 1.37 bits per heavy atom. The van der Waals surface area contributed by atoms with Crippen LogP contribution in [0, 0.1) is 11.3 Å². The van der Waals surface area contributed by atoms with Crippen LogP contribution in [-0.4, -0.2) is 19.1 Å². The topological polar surface area (TPSA) is 56.1 Å². The first-order chi connectivity index (χ1) is 8.75. The molecule has 1 N–H and O–H groups in total. The number of nitrogens with one attached hydrogen (secondary N) is 1. The molecule has 2 amide bonds. The van der Waals surface area contributed by atoms with E-state index in [1.807, 2.05) is 6.07 Å². The maximum absolute atomic E-state index is 12.4. The molecule has 7 heteroatoms. The summed E-state index contributed by atoms with van der Waals surface area (Å²) in [6.45, 7) is 1.50. The van der Waals surface area contributed by atoms with E-state index in [1.165, 1.54) is 26.1 Å². The fourth-order valence-corrected chi connectivity index (χ4v) is 1.31. The number of carbonyl (C=O) groups is 1. The maximum Gasteiger partial charge on any atom is 0.416 e. The number of nitriles is 1. The summed E-state index contributed by atoms with van der Waals surface area (Å²) in [6, 6.07) is 4.77. The van der Waals surface area contributed by atoms with Gasteiger partial charge >= 0.3 is 12.2 Å². The lowest BCUT2D eigenvalue weighted by atomic mass is 10.2. The molecule has 0 aliphatic heterocycles. The summed E-state index contributed by atoms with van der Waals surface area (Å²) in [5.74, 6) is 0. The molecule has 0 aromatic heterocycles. The first kappa shape index (κ1) is 14.8. The number of halogens is 3. The number of benzene rings is 1. The molecular formula is C12H12F3N3O. The highest BCUT2D eigenvalue weighted by atomic mass is 19.4. The summed E-state index contributed by atoms with van der Waals surface area (Å²) in [5, 5.41) is 10.9. The number of nitrogens with zero attached hydrogens (tertiary/aromatic N) is 2. The zero-order valence-corrected chi connectivity index (χ0v) is 10.3. The van der Waals surface area contributed by atoms with Crippen molar-refractivity contribution in [1.29, 1.82) is 5.26 Å². The minimum Gasteiger partial charge on any atom is -0.322 e. The third kappa shape index (κ3) is 3.88. The number of hydrogen-bond acceptors (Lipinski definition) is 2. The second kappa shape index (κ2) is 5.61. The Hall–Kier alpha value is -2.23. The van der Waals surface area contributed by atoms with Gasteiger partial charge in [0.2, 0.25) is 0 Å². The van der Waals surface area contributed by atoms with Crippen molar-refractivity contribution in [3.05, 3.63) is 29.8 Å². The number of rotatable bonds is 2. The van der Waals surface area contributed by atoms with E-state index in [0.717, 1.165) is 17.0 Å². The van der Waals surface area contributed by atoms with E-state index in [4.69, 9.17) is 5.26 Å². The molecule has 1 atom stereocenters. The second-order valence-electron chi connectivity index (χ2n) is 3.90. The molecule has 0 spiro atoms. The Morgan fingerprint density at radius 2 is 1.89 bits per heavy atom. The minimum atomic E-state index is -4.41. The predicted octanol–water partition coefficient (Wildman–Crippen LogP) is 2.76. The highest BCUT2D eigenvalue weighted by Crippen LogP contribution is 2.30. The summed E-state index contributed by atoms with van der Waals surface area (Å²) in [6.07, 6.45) is -4.41. The molecule has 0 aliphatic carbocycles. The molecular weight excluding hydrogens is 259 g/mol. The van der Waals surface area contributed by atoms with Gasteiger partial charge in [0.1, 0.15) is 6.04 Å². The third-order valence-corrected chi connectivity index (χ3v) is 2.42. The molecule has 0 fully saturated rings. The van der Waals surface area contributed by atoms with E-state index < -0.39 is 23.8 Å². The van der Waals surface area contributed by atoms with Gasteiger partial charge in [-0.1, -0.05) is 0 Å². The molecule has 102 valence electrons. The first-order valence-corrected chi connectivity index (χ1v) is 5.37. The Bertz CT molecular complexity index is 490. The van der Waals surface area contributed by atoms with Crippen LogP contribution in [0.25, 0.3) is 0 Å². The molecule has 4 nitrogen and oxygen atoms in total. The van der Waals surface area contributed by atoms with Crippen LogP contribution in [0.15, 0.2) is 24.3 Å². The molecule has 0 saturated carbocycles. The largest absolute Gasteiger partial charge is 0.416 e. The van der Waals surface area contributed by atoms with Crippen molar-refractivity contribution in [2.24, 2.45) is 0 Å². The van der Waals surface area contributed by atoms with Gasteiger partial charge in [-0.15, -0.1) is 0 Å². The predicted molar refractivity (Wildman–Crippen MR) is 63.5 cm³/mol. The van der Waals surface area contributed by atoms with Gasteiger partial charge in [0.15, 0.2) is 0 Å². The van der Waals surface area contributed by atoms with Crippen LogP contribution in [0.2, 0.25) is 0 Å². The lowest BCUT2D eigenvalue weighted by molar-refractivity contribution is -0.137. The van der Waals surface area contributed by atoms with Gasteiger partial charge in [-0.3, -0.25) is 4.90 Å². The van der Waals surface area contributed by atoms with Crippen LogP contribution in [0.1, 0.15) is 12.5 Å². The number of hydrogen-bond donors (Lipinski definition) is 1. The van der Waals surface area contributed by atoms with Gasteiger partial charge in [-0.25, -0.2) is 4.79 Å². The fraction of sp³-hybridized carbons (Fsp3) is 0.333. The average molecular weight is 271 g/mol. The third-order valence-electron chi connectivity index (χ3n) is 2.42. The molecule has 0 radical (unpaired) electrons. The van der Waals surface area contributed by atoms with Crippen molar-refractivity contribution in [3.63, 3.8) is 0 Å². The van der Waals surface area contributed by atoms with Gasteiger partial charge in [0.25, 0.3) is 0 Å². The normalized spacial score (nSPS) is 12.4. The van der Waals surface area contributed by atoms with Crippen LogP contribution in [0.4, 0.5) is 23.7 Å². The van der Waals surface area contributed by atoms with Crippen molar-refractivity contribution in [2.45, 2.75) is 19.1 Å². The van der Waals surface area contributed by atoms with E-state index in [0.29, 0.717) is 5.69 Å². The van der Waals surface area contributed by atoms with E-state index in [1.54, 1.807) is 0 Å². The zero-order chi connectivity index (χ0) is 14.6. The molecule has 1 aromatic rings. The second-order valence-corrected chi connectivity index (χ2v) is 3.90. The van der Waals surface area contributed by atoms with Gasteiger partial charge < -0.3 is 5.32 Å². The smallest absolute Gasteiger partial charge is 0.322 e. The lowest BCUT2D eigenvalue weighted by Gasteiger charge is -2.19. The number of urea groups is 1. The van der Waals surface area contributed by atoms with E-state index in [-0.39, 0.29) is 0 Å². The summed E-state index contributed by atoms with van der Waals surface area (Å²) in [7, 11) is 1.40. The quantitative estimate of drug-likeness (QED) is 0.899. The summed E-state index contributed by atoms with van der Waals surface area (Å²) < 4.78 is 37.1. The van der Waals surface area contributed by atoms with E-state index in [2.05, 4.69) is 5.32 Å². The summed E-state index contributed by atoms with van der Waals surface area (Å²) in [4.78, 5) is 12.8. The Kier molecular flexibility index (Phi) is 4.38. The van der Waals surface area contributed by atoms with Crippen molar-refractivity contribution < 1.29 is 18.0 Å². The number of amides is 2. The molecule has 0 heterocycles. The Morgan fingerprint density at radius 3 is 2.32 bits per heavy atom. The fourth-order valence-electron chi connectivity index (χ4n) is 1.31. The van der Waals surface area contributed by atoms with Crippen molar-refractivity contribution in [2.75, 3.05) is 11.9 Å². The molecule has 19 heavy (non-hydrogen) atoms. The highest BCUT2D eigenvalue weighted by Gasteiger charge is 2.30. The average Bonchev–Trinajstić information content (AvgIpc) is 2.36. The van der Waals surface area contributed by atoms with Crippen LogP contribution in [0.5, 0.6) is 0 Å². The highest BCUT2D eigenvalue weighted by molar-refractivity contribution is 5.91. The Labute approximate surface area is 108 Å². The van der Waals surface area contributed by atoms with Crippen molar-refractivity contribution in [1.82, 2.24) is 5.32 Å². The van der Waals surface area contributed by atoms with Crippen LogP contribution in [0.3, 0.4) is 0 Å². The van der Waals surface area contributed by atoms with Gasteiger partial charge in [0, 0.05) is 12.7 Å².